The number of thioether (sulfide) groups is 1. The van der Waals surface area contributed by atoms with Crippen LogP contribution in [0.25, 0.3) is 0 Å². The summed E-state index contributed by atoms with van der Waals surface area (Å²) in [5.41, 5.74) is 0.561. The van der Waals surface area contributed by atoms with Crippen molar-refractivity contribution in [1.29, 1.82) is 0 Å². The molecule has 2 aromatic carbocycles. The predicted octanol–water partition coefficient (Wildman–Crippen LogP) is 3.74. The smallest absolute Gasteiger partial charge is 0.258 e. The maximum absolute atomic E-state index is 13.6. The second-order valence-electron chi connectivity index (χ2n) is 5.33. The standard InChI is InChI=1S/C16H16ClFN2O4S2/c17-15-5-2-6-16(18)14(15)10-25-8-7-19-26(23,24)11-12-3-1-4-13(9-12)20(21)22/h1-6,9,19H,7-8,10-11H2. The Morgan fingerprint density at radius 1 is 1.23 bits per heavy atom. The molecule has 0 aromatic heterocycles. The Balaban J connectivity index is 1.81. The molecule has 10 heteroatoms. The molecular weight excluding hydrogens is 403 g/mol. The number of benzene rings is 2. The Morgan fingerprint density at radius 3 is 2.65 bits per heavy atom. The zero-order valence-corrected chi connectivity index (χ0v) is 15.9. The van der Waals surface area contributed by atoms with Crippen LogP contribution in [0.15, 0.2) is 42.5 Å². The van der Waals surface area contributed by atoms with Gasteiger partial charge in [0.05, 0.1) is 10.7 Å². The first-order chi connectivity index (χ1) is 12.3. The molecule has 2 rings (SSSR count). The number of rotatable bonds is 9. The number of sulfonamides is 1. The summed E-state index contributed by atoms with van der Waals surface area (Å²) in [6.45, 7) is 0.161. The molecule has 0 fully saturated rings. The molecule has 0 saturated carbocycles. The highest BCUT2D eigenvalue weighted by atomic mass is 35.5. The van der Waals surface area contributed by atoms with Crippen LogP contribution < -0.4 is 4.72 Å². The second-order valence-corrected chi connectivity index (χ2v) is 8.65. The average molecular weight is 419 g/mol. The number of nitrogens with one attached hydrogen (secondary N) is 1. The molecule has 0 radical (unpaired) electrons. The number of non-ortho nitro benzene ring substituents is 1. The second kappa shape index (κ2) is 9.31. The van der Waals surface area contributed by atoms with Crippen molar-refractivity contribution in [3.63, 3.8) is 0 Å². The van der Waals surface area contributed by atoms with Crippen molar-refractivity contribution >= 4 is 39.1 Å². The highest BCUT2D eigenvalue weighted by Gasteiger charge is 2.14. The Hall–Kier alpha value is -1.68. The molecule has 0 bridgehead atoms. The van der Waals surface area contributed by atoms with Crippen LogP contribution in [0.1, 0.15) is 11.1 Å². The lowest BCUT2D eigenvalue weighted by atomic mass is 10.2. The van der Waals surface area contributed by atoms with E-state index in [2.05, 4.69) is 4.72 Å². The van der Waals surface area contributed by atoms with Gasteiger partial charge < -0.3 is 0 Å². The normalized spacial score (nSPS) is 11.5. The quantitative estimate of drug-likeness (QED) is 0.380. The predicted molar refractivity (Wildman–Crippen MR) is 101 cm³/mol. The van der Waals surface area contributed by atoms with Gasteiger partial charge in [-0.25, -0.2) is 17.5 Å². The molecule has 6 nitrogen and oxygen atoms in total. The Kier molecular flexibility index (Phi) is 7.39. The average Bonchev–Trinajstić information content (AvgIpc) is 2.56. The number of nitrogens with zero attached hydrogens (tertiary/aromatic N) is 1. The van der Waals surface area contributed by atoms with Gasteiger partial charge in [0.1, 0.15) is 5.82 Å². The van der Waals surface area contributed by atoms with Gasteiger partial charge >= 0.3 is 0 Å². The van der Waals surface area contributed by atoms with Crippen molar-refractivity contribution in [2.75, 3.05) is 12.3 Å². The van der Waals surface area contributed by atoms with Crippen molar-refractivity contribution in [1.82, 2.24) is 4.72 Å². The van der Waals surface area contributed by atoms with Gasteiger partial charge in [-0.05, 0) is 17.7 Å². The van der Waals surface area contributed by atoms with E-state index in [-0.39, 0.29) is 18.0 Å². The van der Waals surface area contributed by atoms with E-state index in [1.165, 1.54) is 48.2 Å². The zero-order chi connectivity index (χ0) is 19.2. The zero-order valence-electron chi connectivity index (χ0n) is 13.5. The monoisotopic (exact) mass is 418 g/mol. The minimum atomic E-state index is -3.62. The van der Waals surface area contributed by atoms with Crippen LogP contribution in [0.2, 0.25) is 5.02 Å². The van der Waals surface area contributed by atoms with Gasteiger partial charge in [-0.1, -0.05) is 29.8 Å². The summed E-state index contributed by atoms with van der Waals surface area (Å²) < 4.78 is 40.2. The summed E-state index contributed by atoms with van der Waals surface area (Å²) in [7, 11) is -3.62. The molecule has 0 amide bonds. The highest BCUT2D eigenvalue weighted by Crippen LogP contribution is 2.23. The topological polar surface area (TPSA) is 89.3 Å². The summed E-state index contributed by atoms with van der Waals surface area (Å²) >= 11 is 7.27. The number of hydrogen-bond donors (Lipinski definition) is 1. The maximum Gasteiger partial charge on any atom is 0.269 e. The van der Waals surface area contributed by atoms with Crippen LogP contribution in [0.3, 0.4) is 0 Å². The van der Waals surface area contributed by atoms with E-state index in [1.54, 1.807) is 6.07 Å². The van der Waals surface area contributed by atoms with E-state index in [9.17, 15) is 22.9 Å². The molecule has 26 heavy (non-hydrogen) atoms. The Bertz CT molecular complexity index is 873. The van der Waals surface area contributed by atoms with Crippen LogP contribution in [0.5, 0.6) is 0 Å². The number of halogens is 2. The van der Waals surface area contributed by atoms with Gasteiger partial charge in [-0.3, -0.25) is 10.1 Å². The van der Waals surface area contributed by atoms with Gasteiger partial charge in [0.2, 0.25) is 10.0 Å². The summed E-state index contributed by atoms with van der Waals surface area (Å²) in [6, 6.07) is 9.93. The summed E-state index contributed by atoms with van der Waals surface area (Å²) in [5, 5.41) is 11.1. The first-order valence-corrected chi connectivity index (χ1v) is 10.7. The summed E-state index contributed by atoms with van der Waals surface area (Å²) in [6.07, 6.45) is 0. The van der Waals surface area contributed by atoms with Crippen molar-refractivity contribution in [2.45, 2.75) is 11.5 Å². The molecule has 0 spiro atoms. The Morgan fingerprint density at radius 2 is 1.96 bits per heavy atom. The molecule has 0 heterocycles. The van der Waals surface area contributed by atoms with Crippen molar-refractivity contribution in [3.8, 4) is 0 Å². The third kappa shape index (κ3) is 6.24. The lowest BCUT2D eigenvalue weighted by Gasteiger charge is -2.08. The molecule has 0 atom stereocenters. The molecule has 0 unspecified atom stereocenters. The first kappa shape index (κ1) is 20.6. The third-order valence-corrected chi connectivity index (χ3v) is 6.05. The molecule has 0 aliphatic heterocycles. The Labute approximate surface area is 160 Å². The van der Waals surface area contributed by atoms with Crippen molar-refractivity contribution < 1.29 is 17.7 Å². The lowest BCUT2D eigenvalue weighted by Crippen LogP contribution is -2.27. The first-order valence-electron chi connectivity index (χ1n) is 7.50. The summed E-state index contributed by atoms with van der Waals surface area (Å²) in [4.78, 5) is 10.2. The molecule has 2 aromatic rings. The minimum absolute atomic E-state index is 0.157. The molecule has 0 aliphatic rings. The largest absolute Gasteiger partial charge is 0.269 e. The summed E-state index contributed by atoms with van der Waals surface area (Å²) in [5.74, 6) is 0.0198. The van der Waals surface area contributed by atoms with E-state index >= 15 is 0 Å². The van der Waals surface area contributed by atoms with Crippen molar-refractivity contribution in [3.05, 3.63) is 74.5 Å². The van der Waals surface area contributed by atoms with Crippen molar-refractivity contribution in [2.24, 2.45) is 0 Å². The molecule has 0 aliphatic carbocycles. The van der Waals surface area contributed by atoms with Crippen LogP contribution in [-0.2, 0) is 21.5 Å². The minimum Gasteiger partial charge on any atom is -0.258 e. The lowest BCUT2D eigenvalue weighted by molar-refractivity contribution is -0.384. The molecular formula is C16H16ClFN2O4S2. The van der Waals surface area contributed by atoms with Crippen LogP contribution >= 0.6 is 23.4 Å². The SMILES string of the molecule is O=[N+]([O-])c1cccc(CS(=O)(=O)NCCSCc2c(F)cccc2Cl)c1. The number of nitro benzene ring substituents is 1. The van der Waals surface area contributed by atoms with Crippen LogP contribution in [-0.4, -0.2) is 25.6 Å². The number of nitro groups is 1. The van der Waals surface area contributed by atoms with Gasteiger partial charge in [0.15, 0.2) is 0 Å². The van der Waals surface area contributed by atoms with Crippen LogP contribution in [0.4, 0.5) is 10.1 Å². The molecule has 140 valence electrons. The third-order valence-electron chi connectivity index (χ3n) is 3.35. The fourth-order valence-electron chi connectivity index (χ4n) is 2.14. The fraction of sp³-hybridized carbons (Fsp3) is 0.250. The van der Waals surface area contributed by atoms with Gasteiger partial charge in [0, 0.05) is 40.8 Å². The molecule has 0 saturated heterocycles. The van der Waals surface area contributed by atoms with E-state index in [4.69, 9.17) is 11.6 Å². The molecule has 1 N–H and O–H groups in total. The van der Waals surface area contributed by atoms with E-state index in [0.29, 0.717) is 27.7 Å². The highest BCUT2D eigenvalue weighted by molar-refractivity contribution is 7.98. The number of hydrogen-bond acceptors (Lipinski definition) is 5. The van der Waals surface area contributed by atoms with Gasteiger partial charge in [-0.15, -0.1) is 0 Å². The maximum atomic E-state index is 13.6. The van der Waals surface area contributed by atoms with E-state index in [0.717, 1.165) is 0 Å². The van der Waals surface area contributed by atoms with E-state index < -0.39 is 20.8 Å². The fourth-order valence-corrected chi connectivity index (χ4v) is 4.60. The van der Waals surface area contributed by atoms with Gasteiger partial charge in [0.25, 0.3) is 5.69 Å². The van der Waals surface area contributed by atoms with Crippen LogP contribution in [0, 0.1) is 15.9 Å². The van der Waals surface area contributed by atoms with E-state index in [1.807, 2.05) is 0 Å². The van der Waals surface area contributed by atoms with Gasteiger partial charge in [-0.2, -0.15) is 11.8 Å².